The Morgan fingerprint density at radius 1 is 1.30 bits per heavy atom. The first-order valence-corrected chi connectivity index (χ1v) is 7.77. The van der Waals surface area contributed by atoms with Crippen molar-refractivity contribution in [1.29, 1.82) is 0 Å². The zero-order valence-corrected chi connectivity index (χ0v) is 14.5. The smallest absolute Gasteiger partial charge is 0.269 e. The molecule has 5 heteroatoms. The molecule has 0 saturated heterocycles. The van der Waals surface area contributed by atoms with Crippen LogP contribution in [0.2, 0.25) is 0 Å². The topological polar surface area (TPSA) is 56.1 Å². The summed E-state index contributed by atoms with van der Waals surface area (Å²) in [6.45, 7) is 6.80. The molecule has 0 aliphatic rings. The molecular formula is C18H25N3O2. The van der Waals surface area contributed by atoms with Gasteiger partial charge in [-0.2, -0.15) is 5.10 Å². The fourth-order valence-corrected chi connectivity index (χ4v) is 2.36. The summed E-state index contributed by atoms with van der Waals surface area (Å²) in [4.78, 5) is 12.3. The third kappa shape index (κ3) is 4.12. The molecule has 0 radical (unpaired) electrons. The maximum absolute atomic E-state index is 12.3. The zero-order chi connectivity index (χ0) is 17.0. The van der Waals surface area contributed by atoms with Crippen LogP contribution in [0.3, 0.4) is 0 Å². The number of amides is 1. The van der Waals surface area contributed by atoms with Crippen LogP contribution in [0.15, 0.2) is 30.3 Å². The number of rotatable bonds is 5. The molecule has 0 saturated carbocycles. The molecule has 1 aromatic heterocycles. The molecule has 1 aromatic carbocycles. The van der Waals surface area contributed by atoms with Crippen molar-refractivity contribution >= 4 is 5.91 Å². The van der Waals surface area contributed by atoms with Gasteiger partial charge in [0.15, 0.2) is 0 Å². The highest BCUT2D eigenvalue weighted by molar-refractivity contribution is 5.92. The van der Waals surface area contributed by atoms with Crippen molar-refractivity contribution in [3.8, 4) is 5.75 Å². The van der Waals surface area contributed by atoms with E-state index in [4.69, 9.17) is 4.74 Å². The van der Waals surface area contributed by atoms with Crippen molar-refractivity contribution in [2.75, 3.05) is 13.7 Å². The van der Waals surface area contributed by atoms with Gasteiger partial charge in [0.25, 0.3) is 5.91 Å². The molecule has 0 atom stereocenters. The Hall–Kier alpha value is -2.30. The lowest BCUT2D eigenvalue weighted by Crippen LogP contribution is -2.27. The van der Waals surface area contributed by atoms with Crippen molar-refractivity contribution in [2.24, 2.45) is 7.05 Å². The Bertz CT molecular complexity index is 684. The maximum atomic E-state index is 12.3. The molecule has 0 spiro atoms. The minimum atomic E-state index is -0.106. The number of carbonyl (C=O) groups is 1. The summed E-state index contributed by atoms with van der Waals surface area (Å²) in [5.41, 5.74) is 2.49. The Kier molecular flexibility index (Phi) is 5.08. The second-order valence-electron chi connectivity index (χ2n) is 6.61. The molecule has 1 heterocycles. The largest absolute Gasteiger partial charge is 0.496 e. The number of hydrogen-bond acceptors (Lipinski definition) is 3. The number of ether oxygens (including phenoxy) is 1. The van der Waals surface area contributed by atoms with E-state index < -0.39 is 0 Å². The molecule has 0 aliphatic carbocycles. The van der Waals surface area contributed by atoms with E-state index >= 15 is 0 Å². The monoisotopic (exact) mass is 315 g/mol. The summed E-state index contributed by atoms with van der Waals surface area (Å²) in [5, 5.41) is 7.38. The van der Waals surface area contributed by atoms with Crippen LogP contribution in [0, 0.1) is 0 Å². The SMILES string of the molecule is COc1ccccc1CCNC(=O)c1cc(C(C)(C)C)nn1C. The molecule has 0 aliphatic heterocycles. The van der Waals surface area contributed by atoms with Gasteiger partial charge in [-0.1, -0.05) is 39.0 Å². The average Bonchev–Trinajstić information content (AvgIpc) is 2.90. The van der Waals surface area contributed by atoms with Gasteiger partial charge < -0.3 is 10.1 Å². The third-order valence-corrected chi connectivity index (χ3v) is 3.75. The van der Waals surface area contributed by atoms with Crippen molar-refractivity contribution in [3.63, 3.8) is 0 Å². The molecule has 5 nitrogen and oxygen atoms in total. The minimum Gasteiger partial charge on any atom is -0.496 e. The summed E-state index contributed by atoms with van der Waals surface area (Å²) in [6.07, 6.45) is 0.722. The van der Waals surface area contributed by atoms with Crippen LogP contribution in [-0.4, -0.2) is 29.3 Å². The number of benzene rings is 1. The van der Waals surface area contributed by atoms with Gasteiger partial charge in [0.2, 0.25) is 0 Å². The van der Waals surface area contributed by atoms with E-state index in [9.17, 15) is 4.79 Å². The van der Waals surface area contributed by atoms with Crippen molar-refractivity contribution in [2.45, 2.75) is 32.6 Å². The van der Waals surface area contributed by atoms with Crippen LogP contribution in [0.5, 0.6) is 5.75 Å². The lowest BCUT2D eigenvalue weighted by atomic mass is 9.92. The average molecular weight is 315 g/mol. The standard InChI is InChI=1S/C18H25N3O2/c1-18(2,3)16-12-14(21(4)20-16)17(22)19-11-10-13-8-6-7-9-15(13)23-5/h6-9,12H,10-11H2,1-5H3,(H,19,22). The van der Waals surface area contributed by atoms with Crippen LogP contribution in [-0.2, 0) is 18.9 Å². The van der Waals surface area contributed by atoms with Crippen LogP contribution < -0.4 is 10.1 Å². The molecule has 2 rings (SSSR count). The molecule has 2 aromatic rings. The number of carbonyl (C=O) groups excluding carboxylic acids is 1. The summed E-state index contributed by atoms with van der Waals surface area (Å²) < 4.78 is 6.96. The fourth-order valence-electron chi connectivity index (χ4n) is 2.36. The van der Waals surface area contributed by atoms with Crippen LogP contribution >= 0.6 is 0 Å². The first-order chi connectivity index (χ1) is 10.8. The highest BCUT2D eigenvalue weighted by Crippen LogP contribution is 2.21. The number of methoxy groups -OCH3 is 1. The highest BCUT2D eigenvalue weighted by Gasteiger charge is 2.21. The minimum absolute atomic E-state index is 0.0757. The van der Waals surface area contributed by atoms with Crippen molar-refractivity contribution in [1.82, 2.24) is 15.1 Å². The first-order valence-electron chi connectivity index (χ1n) is 7.77. The predicted molar refractivity (Wildman–Crippen MR) is 90.9 cm³/mol. The van der Waals surface area contributed by atoms with Crippen LogP contribution in [0.25, 0.3) is 0 Å². The lowest BCUT2D eigenvalue weighted by molar-refractivity contribution is 0.0944. The van der Waals surface area contributed by atoms with Gasteiger partial charge >= 0.3 is 0 Å². The molecule has 1 N–H and O–H groups in total. The van der Waals surface area contributed by atoms with E-state index in [0.717, 1.165) is 23.4 Å². The van der Waals surface area contributed by atoms with Gasteiger partial charge in [0.1, 0.15) is 11.4 Å². The number of nitrogens with zero attached hydrogens (tertiary/aromatic N) is 2. The summed E-state index contributed by atoms with van der Waals surface area (Å²) in [6, 6.07) is 9.69. The molecule has 124 valence electrons. The third-order valence-electron chi connectivity index (χ3n) is 3.75. The molecule has 23 heavy (non-hydrogen) atoms. The second kappa shape index (κ2) is 6.86. The lowest BCUT2D eigenvalue weighted by Gasteiger charge is -2.13. The number of hydrogen-bond donors (Lipinski definition) is 1. The summed E-state index contributed by atoms with van der Waals surface area (Å²) >= 11 is 0. The van der Waals surface area contributed by atoms with E-state index in [0.29, 0.717) is 12.2 Å². The van der Waals surface area contributed by atoms with E-state index in [1.807, 2.05) is 30.3 Å². The summed E-state index contributed by atoms with van der Waals surface area (Å²) in [5.74, 6) is 0.739. The molecule has 0 fully saturated rings. The van der Waals surface area contributed by atoms with Crippen LogP contribution in [0.1, 0.15) is 42.5 Å². The van der Waals surface area contributed by atoms with Gasteiger partial charge in [0, 0.05) is 19.0 Å². The van der Waals surface area contributed by atoms with Gasteiger partial charge in [0.05, 0.1) is 12.8 Å². The van der Waals surface area contributed by atoms with Gasteiger partial charge in [-0.05, 0) is 24.1 Å². The van der Waals surface area contributed by atoms with E-state index in [2.05, 4.69) is 31.2 Å². The van der Waals surface area contributed by atoms with Gasteiger partial charge in [-0.3, -0.25) is 9.48 Å². The Balaban J connectivity index is 1.99. The van der Waals surface area contributed by atoms with Gasteiger partial charge in [-0.15, -0.1) is 0 Å². The maximum Gasteiger partial charge on any atom is 0.269 e. The van der Waals surface area contributed by atoms with E-state index in [1.54, 1.807) is 18.8 Å². The van der Waals surface area contributed by atoms with E-state index in [1.165, 1.54) is 0 Å². The van der Waals surface area contributed by atoms with Crippen LogP contribution in [0.4, 0.5) is 0 Å². The Morgan fingerprint density at radius 2 is 2.00 bits per heavy atom. The molecule has 0 bridgehead atoms. The highest BCUT2D eigenvalue weighted by atomic mass is 16.5. The second-order valence-corrected chi connectivity index (χ2v) is 6.61. The fraction of sp³-hybridized carbons (Fsp3) is 0.444. The normalized spacial score (nSPS) is 11.3. The zero-order valence-electron chi connectivity index (χ0n) is 14.5. The van der Waals surface area contributed by atoms with Crippen molar-refractivity contribution in [3.05, 3.63) is 47.3 Å². The van der Waals surface area contributed by atoms with E-state index in [-0.39, 0.29) is 11.3 Å². The Labute approximate surface area is 137 Å². The molecular weight excluding hydrogens is 290 g/mol. The molecule has 1 amide bonds. The number of nitrogens with one attached hydrogen (secondary N) is 1. The number of aromatic nitrogens is 2. The van der Waals surface area contributed by atoms with Crippen molar-refractivity contribution < 1.29 is 9.53 Å². The molecule has 0 unspecified atom stereocenters. The predicted octanol–water partition coefficient (Wildman–Crippen LogP) is 2.70. The number of para-hydroxylation sites is 1. The quantitative estimate of drug-likeness (QED) is 0.923. The van der Waals surface area contributed by atoms with Gasteiger partial charge in [-0.25, -0.2) is 0 Å². The first kappa shape index (κ1) is 17.1. The summed E-state index contributed by atoms with van der Waals surface area (Å²) in [7, 11) is 3.45. The Morgan fingerprint density at radius 3 is 2.61 bits per heavy atom. The number of aryl methyl sites for hydroxylation is 1.